The number of hydrogen-bond acceptors (Lipinski definition) is 4. The first-order chi connectivity index (χ1) is 8.74. The van der Waals surface area contributed by atoms with Crippen LogP contribution in [-0.4, -0.2) is 29.6 Å². The summed E-state index contributed by atoms with van der Waals surface area (Å²) in [6.45, 7) is 5.87. The SMILES string of the molecule is CC1CCN(c2nc3c(c(=O)[nH]2)CCNC3)CC1. The topological polar surface area (TPSA) is 61.0 Å². The van der Waals surface area contributed by atoms with Crippen molar-refractivity contribution in [3.05, 3.63) is 21.6 Å². The number of nitrogens with one attached hydrogen (secondary N) is 2. The van der Waals surface area contributed by atoms with Gasteiger partial charge in [-0.15, -0.1) is 0 Å². The molecule has 0 saturated carbocycles. The van der Waals surface area contributed by atoms with Crippen molar-refractivity contribution in [2.45, 2.75) is 32.7 Å². The molecule has 0 spiro atoms. The Bertz CT molecular complexity index is 488. The van der Waals surface area contributed by atoms with E-state index in [2.05, 4.69) is 27.1 Å². The second-order valence-electron chi connectivity index (χ2n) is 5.41. The molecule has 0 radical (unpaired) electrons. The van der Waals surface area contributed by atoms with Crippen molar-refractivity contribution < 1.29 is 0 Å². The van der Waals surface area contributed by atoms with E-state index >= 15 is 0 Å². The fourth-order valence-electron chi connectivity index (χ4n) is 2.73. The molecule has 2 aliphatic heterocycles. The van der Waals surface area contributed by atoms with Crippen LogP contribution in [0, 0.1) is 5.92 Å². The van der Waals surface area contributed by atoms with Gasteiger partial charge in [0.05, 0.1) is 5.69 Å². The van der Waals surface area contributed by atoms with Gasteiger partial charge in [-0.3, -0.25) is 9.78 Å². The molecule has 0 bridgehead atoms. The second kappa shape index (κ2) is 4.72. The van der Waals surface area contributed by atoms with Crippen LogP contribution in [0.5, 0.6) is 0 Å². The summed E-state index contributed by atoms with van der Waals surface area (Å²) in [5.41, 5.74) is 1.84. The Kier molecular flexibility index (Phi) is 3.07. The van der Waals surface area contributed by atoms with Crippen molar-refractivity contribution in [1.29, 1.82) is 0 Å². The predicted octanol–water partition coefficient (Wildman–Crippen LogP) is 0.652. The molecule has 5 nitrogen and oxygen atoms in total. The molecule has 5 heteroatoms. The van der Waals surface area contributed by atoms with Crippen molar-refractivity contribution in [2.75, 3.05) is 24.5 Å². The molecule has 1 saturated heterocycles. The summed E-state index contributed by atoms with van der Waals surface area (Å²) in [5.74, 6) is 1.54. The van der Waals surface area contributed by atoms with Crippen LogP contribution >= 0.6 is 0 Å². The molecule has 2 aliphatic rings. The third-order valence-electron chi connectivity index (χ3n) is 4.02. The van der Waals surface area contributed by atoms with Crippen molar-refractivity contribution >= 4 is 5.95 Å². The van der Waals surface area contributed by atoms with Crippen LogP contribution in [0.4, 0.5) is 5.95 Å². The average Bonchev–Trinajstić information content (AvgIpc) is 2.39. The van der Waals surface area contributed by atoms with E-state index in [0.717, 1.165) is 55.7 Å². The lowest BCUT2D eigenvalue weighted by Gasteiger charge is -2.31. The van der Waals surface area contributed by atoms with Crippen LogP contribution in [0.2, 0.25) is 0 Å². The van der Waals surface area contributed by atoms with Crippen LogP contribution in [0.25, 0.3) is 0 Å². The summed E-state index contributed by atoms with van der Waals surface area (Å²) in [7, 11) is 0. The largest absolute Gasteiger partial charge is 0.342 e. The molecule has 0 atom stereocenters. The molecule has 0 amide bonds. The number of fused-ring (bicyclic) bond motifs is 1. The number of anilines is 1. The normalized spacial score (nSPS) is 20.8. The van der Waals surface area contributed by atoms with Gasteiger partial charge in [-0.2, -0.15) is 0 Å². The minimum Gasteiger partial charge on any atom is -0.342 e. The zero-order valence-electron chi connectivity index (χ0n) is 10.8. The minimum atomic E-state index is 0.0510. The standard InChI is InChI=1S/C13H20N4O/c1-9-3-6-17(7-4-9)13-15-11-8-14-5-2-10(11)12(18)16-13/h9,14H,2-8H2,1H3,(H,15,16,18). The number of nitrogens with zero attached hydrogens (tertiary/aromatic N) is 2. The summed E-state index contributed by atoms with van der Waals surface area (Å²) in [4.78, 5) is 21.8. The smallest absolute Gasteiger partial charge is 0.255 e. The summed E-state index contributed by atoms with van der Waals surface area (Å²) >= 11 is 0. The lowest BCUT2D eigenvalue weighted by Crippen LogP contribution is -2.38. The highest BCUT2D eigenvalue weighted by Gasteiger charge is 2.21. The Hall–Kier alpha value is -1.36. The number of aromatic amines is 1. The van der Waals surface area contributed by atoms with E-state index in [1.54, 1.807) is 0 Å². The van der Waals surface area contributed by atoms with E-state index in [1.807, 2.05) is 0 Å². The van der Waals surface area contributed by atoms with E-state index in [-0.39, 0.29) is 5.56 Å². The highest BCUT2D eigenvalue weighted by atomic mass is 16.1. The quantitative estimate of drug-likeness (QED) is 0.766. The van der Waals surface area contributed by atoms with Gasteiger partial charge in [-0.05, 0) is 31.7 Å². The first-order valence-corrected chi connectivity index (χ1v) is 6.82. The third-order valence-corrected chi connectivity index (χ3v) is 4.02. The molecular weight excluding hydrogens is 228 g/mol. The molecular formula is C13H20N4O. The van der Waals surface area contributed by atoms with E-state index in [0.29, 0.717) is 0 Å². The highest BCUT2D eigenvalue weighted by Crippen LogP contribution is 2.20. The average molecular weight is 248 g/mol. The lowest BCUT2D eigenvalue weighted by molar-refractivity contribution is 0.433. The van der Waals surface area contributed by atoms with Crippen LogP contribution in [0.3, 0.4) is 0 Å². The second-order valence-corrected chi connectivity index (χ2v) is 5.41. The number of hydrogen-bond donors (Lipinski definition) is 2. The molecule has 0 aromatic carbocycles. The Morgan fingerprint density at radius 3 is 2.89 bits per heavy atom. The molecule has 2 N–H and O–H groups in total. The number of H-pyrrole nitrogens is 1. The van der Waals surface area contributed by atoms with Gasteiger partial charge < -0.3 is 10.2 Å². The van der Waals surface area contributed by atoms with Crippen LogP contribution in [-0.2, 0) is 13.0 Å². The summed E-state index contributed by atoms with van der Waals surface area (Å²) in [6, 6.07) is 0. The molecule has 18 heavy (non-hydrogen) atoms. The molecule has 1 aromatic heterocycles. The molecule has 0 unspecified atom stereocenters. The monoisotopic (exact) mass is 248 g/mol. The molecule has 98 valence electrons. The Morgan fingerprint density at radius 1 is 1.33 bits per heavy atom. The molecule has 1 fully saturated rings. The van der Waals surface area contributed by atoms with Gasteiger partial charge in [0.2, 0.25) is 5.95 Å². The van der Waals surface area contributed by atoms with Gasteiger partial charge >= 0.3 is 0 Å². The van der Waals surface area contributed by atoms with E-state index in [9.17, 15) is 4.79 Å². The minimum absolute atomic E-state index is 0.0510. The third kappa shape index (κ3) is 2.14. The summed E-state index contributed by atoms with van der Waals surface area (Å²) in [6.07, 6.45) is 3.15. The number of rotatable bonds is 1. The Labute approximate surface area is 107 Å². The molecule has 0 aliphatic carbocycles. The Balaban J connectivity index is 1.89. The molecule has 1 aromatic rings. The number of aromatic nitrogens is 2. The van der Waals surface area contributed by atoms with E-state index in [4.69, 9.17) is 0 Å². The molecule has 3 heterocycles. The maximum absolute atomic E-state index is 12.0. The van der Waals surface area contributed by atoms with Crippen LogP contribution in [0.1, 0.15) is 31.0 Å². The van der Waals surface area contributed by atoms with Crippen molar-refractivity contribution in [3.63, 3.8) is 0 Å². The summed E-state index contributed by atoms with van der Waals surface area (Å²) < 4.78 is 0. The highest BCUT2D eigenvalue weighted by molar-refractivity contribution is 5.34. The zero-order chi connectivity index (χ0) is 12.5. The van der Waals surface area contributed by atoms with Gasteiger partial charge in [-0.1, -0.05) is 6.92 Å². The van der Waals surface area contributed by atoms with E-state index in [1.165, 1.54) is 12.8 Å². The van der Waals surface area contributed by atoms with Gasteiger partial charge in [-0.25, -0.2) is 4.98 Å². The van der Waals surface area contributed by atoms with Crippen molar-refractivity contribution in [3.8, 4) is 0 Å². The van der Waals surface area contributed by atoms with Gasteiger partial charge in [0.25, 0.3) is 5.56 Å². The number of piperidine rings is 1. The maximum Gasteiger partial charge on any atom is 0.255 e. The van der Waals surface area contributed by atoms with Gasteiger partial charge in [0.15, 0.2) is 0 Å². The summed E-state index contributed by atoms with van der Waals surface area (Å²) in [5, 5.41) is 3.27. The fraction of sp³-hybridized carbons (Fsp3) is 0.692. The van der Waals surface area contributed by atoms with Crippen LogP contribution < -0.4 is 15.8 Å². The van der Waals surface area contributed by atoms with Crippen molar-refractivity contribution in [1.82, 2.24) is 15.3 Å². The van der Waals surface area contributed by atoms with Gasteiger partial charge in [0, 0.05) is 25.2 Å². The first-order valence-electron chi connectivity index (χ1n) is 6.82. The predicted molar refractivity (Wildman–Crippen MR) is 70.9 cm³/mol. The maximum atomic E-state index is 12.0. The lowest BCUT2D eigenvalue weighted by atomic mass is 9.99. The molecule has 3 rings (SSSR count). The Morgan fingerprint density at radius 2 is 2.11 bits per heavy atom. The zero-order valence-corrected chi connectivity index (χ0v) is 10.8. The fourth-order valence-corrected chi connectivity index (χ4v) is 2.73. The first kappa shape index (κ1) is 11.7. The van der Waals surface area contributed by atoms with Crippen molar-refractivity contribution in [2.24, 2.45) is 5.92 Å². The van der Waals surface area contributed by atoms with Crippen LogP contribution in [0.15, 0.2) is 4.79 Å². The van der Waals surface area contributed by atoms with Gasteiger partial charge in [0.1, 0.15) is 0 Å². The van der Waals surface area contributed by atoms with E-state index < -0.39 is 0 Å².